The zero-order valence-electron chi connectivity index (χ0n) is 11.2. The molecule has 2 N–H and O–H groups in total. The van der Waals surface area contributed by atoms with Gasteiger partial charge in [-0.25, -0.2) is 4.39 Å². The maximum Gasteiger partial charge on any atom is 0.305 e. The summed E-state index contributed by atoms with van der Waals surface area (Å²) in [6, 6.07) is 5.51. The number of nitrogens with one attached hydrogen (secondary N) is 1. The number of nitriles is 1. The molecule has 1 aromatic rings. The van der Waals surface area contributed by atoms with Crippen molar-refractivity contribution in [1.29, 1.82) is 5.26 Å². The van der Waals surface area contributed by atoms with Gasteiger partial charge in [0.1, 0.15) is 5.82 Å². The van der Waals surface area contributed by atoms with Gasteiger partial charge in [0.05, 0.1) is 23.7 Å². The number of rotatable bonds is 4. The molecule has 0 aliphatic rings. The second kappa shape index (κ2) is 5.70. The molecule has 0 amide bonds. The predicted octanol–water partition coefficient (Wildman–Crippen LogP) is 3.00. The van der Waals surface area contributed by atoms with E-state index in [0.29, 0.717) is 0 Å². The van der Waals surface area contributed by atoms with E-state index < -0.39 is 17.8 Å². The third kappa shape index (κ3) is 4.25. The molecule has 4 nitrogen and oxygen atoms in total. The quantitative estimate of drug-likeness (QED) is 0.876. The van der Waals surface area contributed by atoms with Gasteiger partial charge in [0.2, 0.25) is 0 Å². The summed E-state index contributed by atoms with van der Waals surface area (Å²) in [5, 5.41) is 20.5. The lowest BCUT2D eigenvalue weighted by molar-refractivity contribution is -0.137. The molecule has 0 aliphatic carbocycles. The molecular weight excluding hydrogens is 247 g/mol. The number of carboxylic acids is 1. The molecule has 1 atom stereocenters. The summed E-state index contributed by atoms with van der Waals surface area (Å²) in [6.07, 6.45) is -0.108. The number of carbonyl (C=O) groups is 1. The van der Waals surface area contributed by atoms with Crippen molar-refractivity contribution in [2.24, 2.45) is 5.41 Å². The average molecular weight is 264 g/mol. The van der Waals surface area contributed by atoms with Crippen LogP contribution in [0, 0.1) is 22.6 Å². The Balaban J connectivity index is 2.97. The molecule has 0 bridgehead atoms. The fraction of sp³-hybridized carbons (Fsp3) is 0.429. The van der Waals surface area contributed by atoms with Gasteiger partial charge in [0.15, 0.2) is 0 Å². The Hall–Kier alpha value is -2.09. The summed E-state index contributed by atoms with van der Waals surface area (Å²) in [6.45, 7) is 5.65. The van der Waals surface area contributed by atoms with Crippen molar-refractivity contribution in [3.8, 4) is 6.07 Å². The minimum atomic E-state index is -0.943. The van der Waals surface area contributed by atoms with Crippen LogP contribution in [0.2, 0.25) is 0 Å². The van der Waals surface area contributed by atoms with Crippen LogP contribution in [0.4, 0.5) is 10.1 Å². The molecule has 0 saturated heterocycles. The van der Waals surface area contributed by atoms with Crippen LogP contribution in [0.5, 0.6) is 0 Å². The Bertz CT molecular complexity index is 515. The average Bonchev–Trinajstić information content (AvgIpc) is 2.28. The van der Waals surface area contributed by atoms with Gasteiger partial charge in [-0.1, -0.05) is 20.8 Å². The van der Waals surface area contributed by atoms with Gasteiger partial charge in [-0.2, -0.15) is 5.26 Å². The second-order valence-electron chi connectivity index (χ2n) is 5.47. The number of aliphatic carboxylic acids is 1. The highest BCUT2D eigenvalue weighted by molar-refractivity contribution is 5.68. The standard InChI is InChI=1S/C14H17FN2O2/c1-14(2,3)12(7-13(18)19)17-11-5-4-9(8-16)6-10(11)15/h4-6,12,17H,7H2,1-3H3,(H,18,19). The molecule has 1 aromatic carbocycles. The summed E-state index contributed by atoms with van der Waals surface area (Å²) in [5.41, 5.74) is 0.104. The van der Waals surface area contributed by atoms with Crippen molar-refractivity contribution in [3.05, 3.63) is 29.6 Å². The van der Waals surface area contributed by atoms with Crippen LogP contribution in [0.15, 0.2) is 18.2 Å². The van der Waals surface area contributed by atoms with Crippen LogP contribution in [0.25, 0.3) is 0 Å². The predicted molar refractivity (Wildman–Crippen MR) is 70.2 cm³/mol. The highest BCUT2D eigenvalue weighted by atomic mass is 19.1. The van der Waals surface area contributed by atoms with Crippen molar-refractivity contribution in [3.63, 3.8) is 0 Å². The molecule has 1 rings (SSSR count). The number of anilines is 1. The first-order chi connectivity index (χ1) is 8.74. The molecule has 0 aliphatic heterocycles. The topological polar surface area (TPSA) is 73.1 Å². The SMILES string of the molecule is CC(C)(C)C(CC(=O)O)Nc1ccc(C#N)cc1F. The van der Waals surface area contributed by atoms with Gasteiger partial charge in [0.25, 0.3) is 0 Å². The first-order valence-electron chi connectivity index (χ1n) is 5.92. The zero-order chi connectivity index (χ0) is 14.6. The highest BCUT2D eigenvalue weighted by Crippen LogP contribution is 2.27. The van der Waals surface area contributed by atoms with Crippen LogP contribution in [-0.4, -0.2) is 17.1 Å². The molecule has 19 heavy (non-hydrogen) atoms. The third-order valence-electron chi connectivity index (χ3n) is 2.85. The van der Waals surface area contributed by atoms with E-state index in [4.69, 9.17) is 10.4 Å². The van der Waals surface area contributed by atoms with Crippen LogP contribution >= 0.6 is 0 Å². The molecule has 1 unspecified atom stereocenters. The van der Waals surface area contributed by atoms with E-state index in [9.17, 15) is 9.18 Å². The Morgan fingerprint density at radius 3 is 2.58 bits per heavy atom. The normalized spacial score (nSPS) is 12.6. The molecule has 102 valence electrons. The van der Waals surface area contributed by atoms with Gasteiger partial charge >= 0.3 is 5.97 Å². The van der Waals surface area contributed by atoms with Crippen LogP contribution in [0.1, 0.15) is 32.8 Å². The smallest absolute Gasteiger partial charge is 0.305 e. The van der Waals surface area contributed by atoms with E-state index in [1.165, 1.54) is 12.1 Å². The summed E-state index contributed by atoms with van der Waals surface area (Å²) >= 11 is 0. The summed E-state index contributed by atoms with van der Waals surface area (Å²) in [7, 11) is 0. The lowest BCUT2D eigenvalue weighted by Gasteiger charge is -2.31. The number of hydrogen-bond donors (Lipinski definition) is 2. The first-order valence-corrected chi connectivity index (χ1v) is 5.92. The van der Waals surface area contributed by atoms with Gasteiger partial charge in [-0.3, -0.25) is 4.79 Å². The van der Waals surface area contributed by atoms with E-state index in [2.05, 4.69) is 5.32 Å². The number of carboxylic acid groups (broad SMARTS) is 1. The van der Waals surface area contributed by atoms with Gasteiger partial charge in [0, 0.05) is 6.04 Å². The summed E-state index contributed by atoms with van der Waals surface area (Å²) in [4.78, 5) is 10.9. The van der Waals surface area contributed by atoms with Crippen LogP contribution < -0.4 is 5.32 Å². The molecule has 0 saturated carbocycles. The molecule has 5 heteroatoms. The van der Waals surface area contributed by atoms with Gasteiger partial charge in [-0.05, 0) is 23.6 Å². The minimum Gasteiger partial charge on any atom is -0.481 e. The van der Waals surface area contributed by atoms with Gasteiger partial charge < -0.3 is 10.4 Å². The van der Waals surface area contributed by atoms with Gasteiger partial charge in [-0.15, -0.1) is 0 Å². The van der Waals surface area contributed by atoms with E-state index in [1.807, 2.05) is 26.8 Å². The first kappa shape index (κ1) is 15.0. The monoisotopic (exact) mass is 264 g/mol. The largest absolute Gasteiger partial charge is 0.481 e. The maximum absolute atomic E-state index is 13.8. The fourth-order valence-electron chi connectivity index (χ4n) is 1.64. The maximum atomic E-state index is 13.8. The summed E-state index contributed by atoms with van der Waals surface area (Å²) in [5.74, 6) is -1.50. The Labute approximate surface area is 111 Å². The zero-order valence-corrected chi connectivity index (χ0v) is 11.2. The molecule has 0 radical (unpaired) electrons. The minimum absolute atomic E-state index is 0.108. The number of benzene rings is 1. The highest BCUT2D eigenvalue weighted by Gasteiger charge is 2.27. The van der Waals surface area contributed by atoms with E-state index >= 15 is 0 Å². The van der Waals surface area contributed by atoms with Crippen molar-refractivity contribution < 1.29 is 14.3 Å². The molecular formula is C14H17FN2O2. The van der Waals surface area contributed by atoms with E-state index in [1.54, 1.807) is 0 Å². The molecule has 0 fully saturated rings. The second-order valence-corrected chi connectivity index (χ2v) is 5.47. The molecule has 0 heterocycles. The van der Waals surface area contributed by atoms with Crippen molar-refractivity contribution in [2.45, 2.75) is 33.2 Å². The summed E-state index contributed by atoms with van der Waals surface area (Å²) < 4.78 is 13.8. The Kier molecular flexibility index (Phi) is 4.49. The van der Waals surface area contributed by atoms with Crippen LogP contribution in [0.3, 0.4) is 0 Å². The molecule has 0 spiro atoms. The van der Waals surface area contributed by atoms with Crippen molar-refractivity contribution in [2.75, 3.05) is 5.32 Å². The number of halogens is 1. The fourth-order valence-corrected chi connectivity index (χ4v) is 1.64. The number of hydrogen-bond acceptors (Lipinski definition) is 3. The Morgan fingerprint density at radius 2 is 2.16 bits per heavy atom. The number of nitrogens with zero attached hydrogens (tertiary/aromatic N) is 1. The lowest BCUT2D eigenvalue weighted by atomic mass is 9.84. The van der Waals surface area contributed by atoms with E-state index in [-0.39, 0.29) is 23.1 Å². The Morgan fingerprint density at radius 1 is 1.53 bits per heavy atom. The van der Waals surface area contributed by atoms with E-state index in [0.717, 1.165) is 6.07 Å². The molecule has 0 aromatic heterocycles. The van der Waals surface area contributed by atoms with Crippen molar-refractivity contribution in [1.82, 2.24) is 0 Å². The lowest BCUT2D eigenvalue weighted by Crippen LogP contribution is -2.36. The van der Waals surface area contributed by atoms with Crippen molar-refractivity contribution >= 4 is 11.7 Å². The van der Waals surface area contributed by atoms with Crippen LogP contribution in [-0.2, 0) is 4.79 Å². The third-order valence-corrected chi connectivity index (χ3v) is 2.85.